The average Bonchev–Trinajstić information content (AvgIpc) is 3.07. The van der Waals surface area contributed by atoms with Crippen molar-refractivity contribution in [3.05, 3.63) is 48.8 Å². The van der Waals surface area contributed by atoms with Crippen molar-refractivity contribution in [2.75, 3.05) is 6.61 Å². The summed E-state index contributed by atoms with van der Waals surface area (Å²) >= 11 is 0. The molecular formula is C19H21N5O2. The minimum absolute atomic E-state index is 0.169. The summed E-state index contributed by atoms with van der Waals surface area (Å²) < 4.78 is 7.29. The molecule has 0 fully saturated rings. The summed E-state index contributed by atoms with van der Waals surface area (Å²) in [5.41, 5.74) is 6.61. The molecule has 1 aromatic carbocycles. The summed E-state index contributed by atoms with van der Waals surface area (Å²) in [5, 5.41) is 4.69. The van der Waals surface area contributed by atoms with Crippen molar-refractivity contribution in [1.29, 1.82) is 0 Å². The minimum atomic E-state index is -0.520. The van der Waals surface area contributed by atoms with Crippen molar-refractivity contribution in [3.8, 4) is 28.5 Å². The number of pyridine rings is 1. The molecule has 1 amide bonds. The normalized spacial score (nSPS) is 11.3. The van der Waals surface area contributed by atoms with Gasteiger partial charge in [-0.15, -0.1) is 5.10 Å². The molecule has 3 rings (SSSR count). The summed E-state index contributed by atoms with van der Waals surface area (Å²) in [5.74, 6) is 1.37. The number of nitrogens with zero attached hydrogens (tertiary/aromatic N) is 4. The molecule has 0 bridgehead atoms. The number of carbonyl (C=O) groups excluding carboxylic acids is 1. The number of nitrogens with two attached hydrogens (primary N) is 1. The van der Waals surface area contributed by atoms with Crippen LogP contribution in [0.1, 0.15) is 20.8 Å². The lowest BCUT2D eigenvalue weighted by molar-refractivity contribution is -0.119. The van der Waals surface area contributed by atoms with Crippen LogP contribution >= 0.6 is 0 Å². The smallest absolute Gasteiger partial charge is 0.255 e. The topological polar surface area (TPSA) is 95.9 Å². The Kier molecular flexibility index (Phi) is 4.71. The minimum Gasteiger partial charge on any atom is -0.484 e. The van der Waals surface area contributed by atoms with Crippen molar-refractivity contribution in [2.45, 2.75) is 26.3 Å². The van der Waals surface area contributed by atoms with Gasteiger partial charge in [-0.3, -0.25) is 9.78 Å². The molecule has 0 aliphatic carbocycles. The van der Waals surface area contributed by atoms with Crippen molar-refractivity contribution < 1.29 is 9.53 Å². The number of hydrogen-bond acceptors (Lipinski definition) is 5. The summed E-state index contributed by atoms with van der Waals surface area (Å²) in [4.78, 5) is 19.7. The molecule has 0 unspecified atom stereocenters. The Bertz CT molecular complexity index is 913. The fourth-order valence-electron chi connectivity index (χ4n) is 2.47. The number of amides is 1. The SMILES string of the molecule is CC(C)(C)n1nc(-c2ccncc2)nc1-c1cccc(OCC(N)=O)c1. The third-order valence-electron chi connectivity index (χ3n) is 3.65. The number of hydrogen-bond donors (Lipinski definition) is 1. The van der Waals surface area contributed by atoms with Gasteiger partial charge in [0.15, 0.2) is 18.3 Å². The van der Waals surface area contributed by atoms with Gasteiger partial charge in [-0.2, -0.15) is 0 Å². The zero-order valence-electron chi connectivity index (χ0n) is 15.0. The number of rotatable bonds is 5. The molecule has 3 aromatic rings. The van der Waals surface area contributed by atoms with E-state index in [1.54, 1.807) is 18.5 Å². The zero-order valence-corrected chi connectivity index (χ0v) is 15.0. The molecule has 0 aliphatic rings. The molecule has 0 atom stereocenters. The molecule has 2 heterocycles. The van der Waals surface area contributed by atoms with Crippen LogP contribution in [0.2, 0.25) is 0 Å². The van der Waals surface area contributed by atoms with E-state index in [2.05, 4.69) is 25.8 Å². The number of aromatic nitrogens is 4. The predicted molar refractivity (Wildman–Crippen MR) is 98.4 cm³/mol. The molecule has 7 heteroatoms. The van der Waals surface area contributed by atoms with Gasteiger partial charge < -0.3 is 10.5 Å². The number of carbonyl (C=O) groups is 1. The summed E-state index contributed by atoms with van der Waals surface area (Å²) in [7, 11) is 0. The molecule has 134 valence electrons. The summed E-state index contributed by atoms with van der Waals surface area (Å²) in [6, 6.07) is 11.1. The van der Waals surface area contributed by atoms with Crippen LogP contribution in [-0.2, 0) is 10.3 Å². The van der Waals surface area contributed by atoms with Gasteiger partial charge in [-0.25, -0.2) is 9.67 Å². The maximum atomic E-state index is 10.9. The van der Waals surface area contributed by atoms with Crippen LogP contribution in [-0.4, -0.2) is 32.3 Å². The van der Waals surface area contributed by atoms with Gasteiger partial charge >= 0.3 is 0 Å². The lowest BCUT2D eigenvalue weighted by Crippen LogP contribution is -2.24. The van der Waals surface area contributed by atoms with Gasteiger partial charge in [0, 0.05) is 23.5 Å². The molecule has 2 N–H and O–H groups in total. The monoisotopic (exact) mass is 351 g/mol. The van der Waals surface area contributed by atoms with E-state index in [0.29, 0.717) is 17.4 Å². The lowest BCUT2D eigenvalue weighted by atomic mass is 10.1. The van der Waals surface area contributed by atoms with Crippen LogP contribution in [0.25, 0.3) is 22.8 Å². The standard InChI is InChI=1S/C19H21N5O2/c1-19(2,3)24-18(22-17(23-24)13-7-9-21-10-8-13)14-5-4-6-15(11-14)26-12-16(20)25/h4-11H,12H2,1-3H3,(H2,20,25). The molecule has 0 saturated heterocycles. The summed E-state index contributed by atoms with van der Waals surface area (Å²) in [6.07, 6.45) is 3.43. The van der Waals surface area contributed by atoms with E-state index in [9.17, 15) is 4.79 Å². The molecule has 7 nitrogen and oxygen atoms in total. The Hall–Kier alpha value is -3.22. The Balaban J connectivity index is 2.05. The van der Waals surface area contributed by atoms with Gasteiger partial charge in [0.05, 0.1) is 5.54 Å². The van der Waals surface area contributed by atoms with Gasteiger partial charge in [-0.05, 0) is 45.0 Å². The fourth-order valence-corrected chi connectivity index (χ4v) is 2.47. The highest BCUT2D eigenvalue weighted by Crippen LogP contribution is 2.29. The number of benzene rings is 1. The Labute approximate surface area is 151 Å². The third kappa shape index (κ3) is 3.88. The second kappa shape index (κ2) is 6.95. The molecule has 0 saturated carbocycles. The Morgan fingerprint density at radius 2 is 1.88 bits per heavy atom. The van der Waals surface area contributed by atoms with Crippen LogP contribution in [0.3, 0.4) is 0 Å². The Morgan fingerprint density at radius 1 is 1.15 bits per heavy atom. The zero-order chi connectivity index (χ0) is 18.7. The number of primary amides is 1. The van der Waals surface area contributed by atoms with E-state index in [-0.39, 0.29) is 12.1 Å². The first kappa shape index (κ1) is 17.6. The van der Waals surface area contributed by atoms with Gasteiger partial charge in [-0.1, -0.05) is 12.1 Å². The second-order valence-corrected chi connectivity index (χ2v) is 6.86. The maximum absolute atomic E-state index is 10.9. The second-order valence-electron chi connectivity index (χ2n) is 6.86. The van der Waals surface area contributed by atoms with Crippen LogP contribution in [0.5, 0.6) is 5.75 Å². The molecule has 0 radical (unpaired) electrons. The third-order valence-corrected chi connectivity index (χ3v) is 3.65. The Morgan fingerprint density at radius 3 is 2.54 bits per heavy atom. The highest BCUT2D eigenvalue weighted by Gasteiger charge is 2.23. The first-order valence-electron chi connectivity index (χ1n) is 8.24. The molecule has 0 spiro atoms. The van der Waals surface area contributed by atoms with E-state index in [0.717, 1.165) is 11.1 Å². The first-order valence-corrected chi connectivity index (χ1v) is 8.24. The van der Waals surface area contributed by atoms with Crippen LogP contribution in [0, 0.1) is 0 Å². The van der Waals surface area contributed by atoms with E-state index in [1.165, 1.54) is 0 Å². The van der Waals surface area contributed by atoms with Crippen LogP contribution in [0.4, 0.5) is 0 Å². The van der Waals surface area contributed by atoms with Gasteiger partial charge in [0.1, 0.15) is 5.75 Å². The highest BCUT2D eigenvalue weighted by atomic mass is 16.5. The quantitative estimate of drug-likeness (QED) is 0.762. The van der Waals surface area contributed by atoms with E-state index in [4.69, 9.17) is 20.6 Å². The fraction of sp³-hybridized carbons (Fsp3) is 0.263. The van der Waals surface area contributed by atoms with Crippen molar-refractivity contribution >= 4 is 5.91 Å². The molecular weight excluding hydrogens is 330 g/mol. The van der Waals surface area contributed by atoms with Crippen molar-refractivity contribution in [3.63, 3.8) is 0 Å². The molecule has 26 heavy (non-hydrogen) atoms. The van der Waals surface area contributed by atoms with Crippen LogP contribution < -0.4 is 10.5 Å². The average molecular weight is 351 g/mol. The largest absolute Gasteiger partial charge is 0.484 e. The van der Waals surface area contributed by atoms with Crippen molar-refractivity contribution in [1.82, 2.24) is 19.7 Å². The van der Waals surface area contributed by atoms with E-state index in [1.807, 2.05) is 35.0 Å². The predicted octanol–water partition coefficient (Wildman–Crippen LogP) is 2.63. The number of ether oxygens (including phenoxy) is 1. The highest BCUT2D eigenvalue weighted by molar-refractivity contribution is 5.75. The van der Waals surface area contributed by atoms with Gasteiger partial charge in [0.25, 0.3) is 5.91 Å². The van der Waals surface area contributed by atoms with E-state index >= 15 is 0 Å². The van der Waals surface area contributed by atoms with Crippen LogP contribution in [0.15, 0.2) is 48.8 Å². The van der Waals surface area contributed by atoms with E-state index < -0.39 is 5.91 Å². The molecule has 2 aromatic heterocycles. The van der Waals surface area contributed by atoms with Gasteiger partial charge in [0.2, 0.25) is 0 Å². The molecule has 0 aliphatic heterocycles. The summed E-state index contributed by atoms with van der Waals surface area (Å²) in [6.45, 7) is 6.02. The first-order chi connectivity index (χ1) is 12.3. The lowest BCUT2D eigenvalue weighted by Gasteiger charge is -2.21. The maximum Gasteiger partial charge on any atom is 0.255 e. The van der Waals surface area contributed by atoms with Crippen molar-refractivity contribution in [2.24, 2.45) is 5.73 Å².